The van der Waals surface area contributed by atoms with Crippen molar-refractivity contribution in [3.8, 4) is 0 Å². The van der Waals surface area contributed by atoms with Crippen LogP contribution >= 0.6 is 0 Å². The van der Waals surface area contributed by atoms with Crippen LogP contribution in [0.25, 0.3) is 0 Å². The molecule has 118 valence electrons. The van der Waals surface area contributed by atoms with Crippen LogP contribution in [0.5, 0.6) is 0 Å². The third kappa shape index (κ3) is 2.10. The molecule has 0 aromatic heterocycles. The summed E-state index contributed by atoms with van der Waals surface area (Å²) < 4.78 is 0. The Balaban J connectivity index is 1.60. The zero-order valence-corrected chi connectivity index (χ0v) is 13.2. The first-order chi connectivity index (χ1) is 10.7. The number of carbonyl (C=O) groups excluding carboxylic acids is 1. The number of hydrogen-bond donors (Lipinski definition) is 1. The molecule has 2 aliphatic carbocycles. The molecule has 3 fully saturated rings. The molecule has 3 heteroatoms. The number of benzene rings is 1. The molecule has 1 aromatic rings. The van der Waals surface area contributed by atoms with Gasteiger partial charge in [-0.15, -0.1) is 0 Å². The van der Waals surface area contributed by atoms with Gasteiger partial charge in [0, 0.05) is 19.1 Å². The Hall–Kier alpha value is -1.35. The fourth-order valence-corrected chi connectivity index (χ4v) is 5.14. The van der Waals surface area contributed by atoms with Crippen molar-refractivity contribution in [2.45, 2.75) is 50.0 Å². The zero-order valence-electron chi connectivity index (χ0n) is 13.2. The van der Waals surface area contributed by atoms with E-state index in [0.29, 0.717) is 23.8 Å². The van der Waals surface area contributed by atoms with Crippen LogP contribution in [0.4, 0.5) is 0 Å². The van der Waals surface area contributed by atoms with Crippen LogP contribution < -0.4 is 5.73 Å². The highest BCUT2D eigenvalue weighted by atomic mass is 16.2. The smallest absolute Gasteiger partial charge is 0.233 e. The number of nitrogens with zero attached hydrogens (tertiary/aromatic N) is 1. The molecule has 4 rings (SSSR count). The van der Waals surface area contributed by atoms with Crippen LogP contribution in [-0.4, -0.2) is 29.9 Å². The molecule has 1 amide bonds. The summed E-state index contributed by atoms with van der Waals surface area (Å²) in [5, 5.41) is 0. The van der Waals surface area contributed by atoms with Crippen molar-refractivity contribution >= 4 is 5.91 Å². The van der Waals surface area contributed by atoms with Crippen LogP contribution in [0, 0.1) is 11.8 Å². The first-order valence-corrected chi connectivity index (χ1v) is 8.81. The fourth-order valence-electron chi connectivity index (χ4n) is 5.14. The SMILES string of the molecule is NC1CCC2CN(C(=O)C3(c4ccccc4)CCCC3)CC12. The summed E-state index contributed by atoms with van der Waals surface area (Å²) in [5.41, 5.74) is 7.20. The topological polar surface area (TPSA) is 46.3 Å². The van der Waals surface area contributed by atoms with Gasteiger partial charge >= 0.3 is 0 Å². The maximum atomic E-state index is 13.4. The normalized spacial score (nSPS) is 33.1. The second kappa shape index (κ2) is 5.38. The van der Waals surface area contributed by atoms with Gasteiger partial charge in [-0.1, -0.05) is 43.2 Å². The van der Waals surface area contributed by atoms with Crippen LogP contribution in [0.15, 0.2) is 30.3 Å². The van der Waals surface area contributed by atoms with E-state index in [1.807, 2.05) is 6.07 Å². The molecule has 3 aliphatic rings. The van der Waals surface area contributed by atoms with E-state index >= 15 is 0 Å². The van der Waals surface area contributed by atoms with Crippen molar-refractivity contribution < 1.29 is 4.79 Å². The molecule has 1 aromatic carbocycles. The minimum Gasteiger partial charge on any atom is -0.341 e. The highest BCUT2D eigenvalue weighted by molar-refractivity contribution is 5.89. The number of carbonyl (C=O) groups is 1. The number of nitrogens with two attached hydrogens (primary N) is 1. The van der Waals surface area contributed by atoms with E-state index in [2.05, 4.69) is 29.2 Å². The molecule has 3 unspecified atom stereocenters. The van der Waals surface area contributed by atoms with Crippen LogP contribution in [0.3, 0.4) is 0 Å². The highest BCUT2D eigenvalue weighted by Crippen LogP contribution is 2.45. The molecule has 0 radical (unpaired) electrons. The van der Waals surface area contributed by atoms with Crippen LogP contribution in [-0.2, 0) is 10.2 Å². The maximum absolute atomic E-state index is 13.4. The molecule has 3 atom stereocenters. The summed E-state index contributed by atoms with van der Waals surface area (Å²) in [6.07, 6.45) is 6.69. The van der Waals surface area contributed by atoms with Gasteiger partial charge in [0.15, 0.2) is 0 Å². The Morgan fingerprint density at radius 3 is 2.50 bits per heavy atom. The van der Waals surface area contributed by atoms with Gasteiger partial charge in [0.1, 0.15) is 0 Å². The largest absolute Gasteiger partial charge is 0.341 e. The lowest BCUT2D eigenvalue weighted by Gasteiger charge is -2.33. The Morgan fingerprint density at radius 1 is 1.09 bits per heavy atom. The Labute approximate surface area is 132 Å². The van der Waals surface area contributed by atoms with E-state index in [1.165, 1.54) is 24.8 Å². The number of hydrogen-bond acceptors (Lipinski definition) is 2. The first kappa shape index (κ1) is 14.3. The predicted molar refractivity (Wildman–Crippen MR) is 87.4 cm³/mol. The summed E-state index contributed by atoms with van der Waals surface area (Å²) in [4.78, 5) is 15.5. The van der Waals surface area contributed by atoms with Gasteiger partial charge in [0.2, 0.25) is 5.91 Å². The van der Waals surface area contributed by atoms with Crippen LogP contribution in [0.2, 0.25) is 0 Å². The van der Waals surface area contributed by atoms with Crippen molar-refractivity contribution in [2.24, 2.45) is 17.6 Å². The van der Waals surface area contributed by atoms with Gasteiger partial charge in [-0.05, 0) is 43.1 Å². The van der Waals surface area contributed by atoms with Crippen molar-refractivity contribution in [1.29, 1.82) is 0 Å². The van der Waals surface area contributed by atoms with Gasteiger partial charge in [0.05, 0.1) is 5.41 Å². The summed E-state index contributed by atoms with van der Waals surface area (Å²) in [7, 11) is 0. The molecule has 1 saturated heterocycles. The molecule has 0 bridgehead atoms. The number of rotatable bonds is 2. The van der Waals surface area contributed by atoms with Gasteiger partial charge in [-0.2, -0.15) is 0 Å². The average molecular weight is 298 g/mol. The van der Waals surface area contributed by atoms with E-state index in [0.717, 1.165) is 32.4 Å². The van der Waals surface area contributed by atoms with E-state index in [-0.39, 0.29) is 5.41 Å². The van der Waals surface area contributed by atoms with Crippen LogP contribution in [0.1, 0.15) is 44.1 Å². The van der Waals surface area contributed by atoms with Crippen molar-refractivity contribution in [2.75, 3.05) is 13.1 Å². The Bertz CT molecular complexity index is 550. The molecule has 22 heavy (non-hydrogen) atoms. The van der Waals surface area contributed by atoms with Crippen molar-refractivity contribution in [3.05, 3.63) is 35.9 Å². The van der Waals surface area contributed by atoms with Gasteiger partial charge < -0.3 is 10.6 Å². The molecule has 1 heterocycles. The number of amides is 1. The summed E-state index contributed by atoms with van der Waals surface area (Å²) in [6.45, 7) is 1.82. The van der Waals surface area contributed by atoms with E-state index < -0.39 is 0 Å². The Morgan fingerprint density at radius 2 is 1.82 bits per heavy atom. The number of fused-ring (bicyclic) bond motifs is 1. The quantitative estimate of drug-likeness (QED) is 0.912. The van der Waals surface area contributed by atoms with Crippen molar-refractivity contribution in [1.82, 2.24) is 4.90 Å². The summed E-state index contributed by atoms with van der Waals surface area (Å²) in [6, 6.07) is 10.8. The van der Waals surface area contributed by atoms with Gasteiger partial charge in [-0.3, -0.25) is 4.79 Å². The standard InChI is InChI=1S/C19H26N2O/c20-17-9-8-14-12-21(13-16(14)17)18(22)19(10-4-5-11-19)15-6-2-1-3-7-15/h1-3,6-7,14,16-17H,4-5,8-13,20H2. The first-order valence-electron chi connectivity index (χ1n) is 8.81. The second-order valence-corrected chi connectivity index (χ2v) is 7.53. The van der Waals surface area contributed by atoms with E-state index in [9.17, 15) is 4.79 Å². The third-order valence-corrected chi connectivity index (χ3v) is 6.39. The Kier molecular flexibility index (Phi) is 3.48. The monoisotopic (exact) mass is 298 g/mol. The van der Waals surface area contributed by atoms with Crippen molar-refractivity contribution in [3.63, 3.8) is 0 Å². The maximum Gasteiger partial charge on any atom is 0.233 e. The third-order valence-electron chi connectivity index (χ3n) is 6.39. The number of likely N-dealkylation sites (tertiary alicyclic amines) is 1. The lowest BCUT2D eigenvalue weighted by Crippen LogP contribution is -2.45. The molecule has 1 aliphatic heterocycles. The van der Waals surface area contributed by atoms with E-state index in [1.54, 1.807) is 0 Å². The molecular formula is C19H26N2O. The molecule has 2 saturated carbocycles. The zero-order chi connectivity index (χ0) is 15.2. The molecule has 2 N–H and O–H groups in total. The minimum absolute atomic E-state index is 0.260. The second-order valence-electron chi connectivity index (χ2n) is 7.53. The lowest BCUT2D eigenvalue weighted by atomic mass is 9.77. The fraction of sp³-hybridized carbons (Fsp3) is 0.632. The lowest BCUT2D eigenvalue weighted by molar-refractivity contribution is -0.136. The predicted octanol–water partition coefficient (Wildman–Crippen LogP) is 2.69. The van der Waals surface area contributed by atoms with Gasteiger partial charge in [-0.25, -0.2) is 0 Å². The van der Waals surface area contributed by atoms with Gasteiger partial charge in [0.25, 0.3) is 0 Å². The van der Waals surface area contributed by atoms with E-state index in [4.69, 9.17) is 5.73 Å². The average Bonchev–Trinajstić information content (AvgIpc) is 3.26. The highest BCUT2D eigenvalue weighted by Gasteiger charge is 2.49. The minimum atomic E-state index is -0.260. The molecular weight excluding hydrogens is 272 g/mol. The molecule has 0 spiro atoms. The molecule has 3 nitrogen and oxygen atoms in total. The summed E-state index contributed by atoms with van der Waals surface area (Å²) >= 11 is 0. The summed E-state index contributed by atoms with van der Waals surface area (Å²) in [5.74, 6) is 1.56.